The lowest BCUT2D eigenvalue weighted by molar-refractivity contribution is 0.123. The van der Waals surface area contributed by atoms with Gasteiger partial charge in [-0.3, -0.25) is 0 Å². The molecule has 1 saturated carbocycles. The van der Waals surface area contributed by atoms with E-state index in [1.807, 2.05) is 0 Å². The third-order valence-electron chi connectivity index (χ3n) is 5.10. The average Bonchev–Trinajstić information content (AvgIpc) is 2.55. The first kappa shape index (κ1) is 14.3. The summed E-state index contributed by atoms with van der Waals surface area (Å²) in [6, 6.07) is 1.64. The zero-order valence-electron chi connectivity index (χ0n) is 12.5. The number of nitrogens with one attached hydrogen (secondary N) is 1. The zero-order chi connectivity index (χ0) is 12.8. The van der Waals surface area contributed by atoms with Crippen molar-refractivity contribution < 1.29 is 0 Å². The van der Waals surface area contributed by atoms with E-state index in [9.17, 15) is 0 Å². The Morgan fingerprint density at radius 3 is 2.67 bits per heavy atom. The maximum Gasteiger partial charge on any atom is 0.0121 e. The minimum absolute atomic E-state index is 0.758. The Bertz CT molecular complexity index is 229. The van der Waals surface area contributed by atoms with Crippen LogP contribution in [0.1, 0.15) is 65.2 Å². The second-order valence-electron chi connectivity index (χ2n) is 6.42. The molecule has 0 aromatic heterocycles. The quantitative estimate of drug-likeness (QED) is 0.758. The molecule has 0 amide bonds. The van der Waals surface area contributed by atoms with Crippen molar-refractivity contribution in [2.24, 2.45) is 5.92 Å². The van der Waals surface area contributed by atoms with Crippen molar-refractivity contribution in [3.05, 3.63) is 0 Å². The molecular formula is C16H32N2. The van der Waals surface area contributed by atoms with Crippen LogP contribution in [0, 0.1) is 5.92 Å². The van der Waals surface area contributed by atoms with Gasteiger partial charge < -0.3 is 10.2 Å². The van der Waals surface area contributed by atoms with E-state index in [1.54, 1.807) is 0 Å². The zero-order valence-corrected chi connectivity index (χ0v) is 12.5. The summed E-state index contributed by atoms with van der Waals surface area (Å²) in [5.41, 5.74) is 0. The van der Waals surface area contributed by atoms with Gasteiger partial charge in [0.15, 0.2) is 0 Å². The Morgan fingerprint density at radius 1 is 1.00 bits per heavy atom. The monoisotopic (exact) mass is 252 g/mol. The van der Waals surface area contributed by atoms with E-state index in [0.717, 1.165) is 18.0 Å². The van der Waals surface area contributed by atoms with E-state index in [4.69, 9.17) is 0 Å². The molecule has 3 atom stereocenters. The van der Waals surface area contributed by atoms with Gasteiger partial charge in [-0.25, -0.2) is 0 Å². The van der Waals surface area contributed by atoms with E-state index < -0.39 is 0 Å². The lowest BCUT2D eigenvalue weighted by atomic mass is 9.94. The van der Waals surface area contributed by atoms with Gasteiger partial charge in [-0.15, -0.1) is 0 Å². The van der Waals surface area contributed by atoms with Crippen molar-refractivity contribution in [3.63, 3.8) is 0 Å². The lowest BCUT2D eigenvalue weighted by Crippen LogP contribution is -2.46. The fraction of sp³-hybridized carbons (Fsp3) is 1.00. The molecule has 1 saturated heterocycles. The molecule has 0 aromatic rings. The SMILES string of the molecule is CCC1CCN(C2CCCCCC2C)CCCN1. The minimum Gasteiger partial charge on any atom is -0.314 e. The summed E-state index contributed by atoms with van der Waals surface area (Å²) in [4.78, 5) is 2.83. The Morgan fingerprint density at radius 2 is 1.83 bits per heavy atom. The highest BCUT2D eigenvalue weighted by molar-refractivity contribution is 4.82. The Balaban J connectivity index is 1.92. The number of hydrogen-bond acceptors (Lipinski definition) is 2. The summed E-state index contributed by atoms with van der Waals surface area (Å²) in [5, 5.41) is 3.69. The van der Waals surface area contributed by atoms with Gasteiger partial charge in [0.25, 0.3) is 0 Å². The largest absolute Gasteiger partial charge is 0.314 e. The Labute approximate surface area is 114 Å². The van der Waals surface area contributed by atoms with E-state index in [2.05, 4.69) is 24.1 Å². The molecule has 1 aliphatic carbocycles. The van der Waals surface area contributed by atoms with Crippen LogP contribution in [0.15, 0.2) is 0 Å². The highest BCUT2D eigenvalue weighted by atomic mass is 15.2. The van der Waals surface area contributed by atoms with Gasteiger partial charge in [0.05, 0.1) is 0 Å². The van der Waals surface area contributed by atoms with Crippen LogP contribution in [0.2, 0.25) is 0 Å². The molecule has 0 bridgehead atoms. The number of rotatable bonds is 2. The van der Waals surface area contributed by atoms with Gasteiger partial charge in [-0.2, -0.15) is 0 Å². The summed E-state index contributed by atoms with van der Waals surface area (Å²) in [5.74, 6) is 0.917. The molecule has 18 heavy (non-hydrogen) atoms. The van der Waals surface area contributed by atoms with Crippen molar-refractivity contribution >= 4 is 0 Å². The summed E-state index contributed by atoms with van der Waals surface area (Å²) < 4.78 is 0. The van der Waals surface area contributed by atoms with Crippen LogP contribution >= 0.6 is 0 Å². The van der Waals surface area contributed by atoms with Crippen molar-refractivity contribution in [3.8, 4) is 0 Å². The van der Waals surface area contributed by atoms with Crippen LogP contribution < -0.4 is 5.32 Å². The molecule has 106 valence electrons. The molecule has 0 aromatic carbocycles. The normalized spacial score (nSPS) is 36.7. The van der Waals surface area contributed by atoms with Gasteiger partial charge in [-0.1, -0.05) is 33.1 Å². The molecule has 0 radical (unpaired) electrons. The lowest BCUT2D eigenvalue weighted by Gasteiger charge is -2.37. The first-order chi connectivity index (χ1) is 8.81. The van der Waals surface area contributed by atoms with Crippen molar-refractivity contribution in [1.82, 2.24) is 10.2 Å². The maximum absolute atomic E-state index is 3.69. The Kier molecular flexibility index (Phi) is 5.97. The smallest absolute Gasteiger partial charge is 0.0121 e. The predicted molar refractivity (Wildman–Crippen MR) is 78.9 cm³/mol. The van der Waals surface area contributed by atoms with E-state index >= 15 is 0 Å². The molecule has 1 N–H and O–H groups in total. The third kappa shape index (κ3) is 3.96. The molecule has 1 aliphatic heterocycles. The van der Waals surface area contributed by atoms with Crippen LogP contribution in [-0.2, 0) is 0 Å². The molecule has 0 spiro atoms. The van der Waals surface area contributed by atoms with Crippen LogP contribution in [0.25, 0.3) is 0 Å². The summed E-state index contributed by atoms with van der Waals surface area (Å²) in [6.07, 6.45) is 11.3. The van der Waals surface area contributed by atoms with Gasteiger partial charge in [-0.05, 0) is 57.7 Å². The number of nitrogens with zero attached hydrogens (tertiary/aromatic N) is 1. The maximum atomic E-state index is 3.69. The molecule has 2 nitrogen and oxygen atoms in total. The van der Waals surface area contributed by atoms with Crippen LogP contribution in [0.3, 0.4) is 0 Å². The topological polar surface area (TPSA) is 15.3 Å². The van der Waals surface area contributed by atoms with Gasteiger partial charge in [0.1, 0.15) is 0 Å². The minimum atomic E-state index is 0.758. The molecule has 1 heterocycles. The van der Waals surface area contributed by atoms with Gasteiger partial charge in [0.2, 0.25) is 0 Å². The van der Waals surface area contributed by atoms with Crippen molar-refractivity contribution in [1.29, 1.82) is 0 Å². The summed E-state index contributed by atoms with van der Waals surface area (Å²) in [7, 11) is 0. The van der Waals surface area contributed by atoms with Crippen LogP contribution in [0.4, 0.5) is 0 Å². The highest BCUT2D eigenvalue weighted by Gasteiger charge is 2.26. The average molecular weight is 252 g/mol. The van der Waals surface area contributed by atoms with Crippen molar-refractivity contribution in [2.45, 2.75) is 77.3 Å². The van der Waals surface area contributed by atoms with E-state index in [1.165, 1.54) is 71.0 Å². The van der Waals surface area contributed by atoms with Crippen LogP contribution in [-0.4, -0.2) is 36.6 Å². The molecular weight excluding hydrogens is 220 g/mol. The fourth-order valence-electron chi connectivity index (χ4n) is 3.82. The van der Waals surface area contributed by atoms with Gasteiger partial charge in [0, 0.05) is 12.1 Å². The molecule has 2 fully saturated rings. The summed E-state index contributed by atoms with van der Waals surface area (Å²) in [6.45, 7) is 8.66. The van der Waals surface area contributed by atoms with E-state index in [0.29, 0.717) is 0 Å². The molecule has 2 aliphatic rings. The highest BCUT2D eigenvalue weighted by Crippen LogP contribution is 2.27. The summed E-state index contributed by atoms with van der Waals surface area (Å²) >= 11 is 0. The van der Waals surface area contributed by atoms with E-state index in [-0.39, 0.29) is 0 Å². The fourth-order valence-corrected chi connectivity index (χ4v) is 3.82. The predicted octanol–water partition coefficient (Wildman–Crippen LogP) is 3.42. The first-order valence-corrected chi connectivity index (χ1v) is 8.28. The second-order valence-corrected chi connectivity index (χ2v) is 6.42. The van der Waals surface area contributed by atoms with Gasteiger partial charge >= 0.3 is 0 Å². The standard InChI is InChI=1S/C16H32N2/c1-3-15-10-13-18(12-7-11-17-15)16-9-6-4-5-8-14(16)2/h14-17H,3-13H2,1-2H3. The second kappa shape index (κ2) is 7.49. The van der Waals surface area contributed by atoms with Crippen LogP contribution in [0.5, 0.6) is 0 Å². The van der Waals surface area contributed by atoms with Crippen molar-refractivity contribution in [2.75, 3.05) is 19.6 Å². The number of hydrogen-bond donors (Lipinski definition) is 1. The Hall–Kier alpha value is -0.0800. The first-order valence-electron chi connectivity index (χ1n) is 8.28. The molecule has 2 rings (SSSR count). The third-order valence-corrected chi connectivity index (χ3v) is 5.10. The molecule has 2 heteroatoms. The molecule has 3 unspecified atom stereocenters.